The number of aliphatic hydroxyl groups is 1. The molecule has 0 spiro atoms. The normalized spacial score (nSPS) is 13.8. The first-order valence-electron chi connectivity index (χ1n) is 3.32. The maximum Gasteiger partial charge on any atom is 0.241 e. The first-order valence-corrected chi connectivity index (χ1v) is 3.32. The Morgan fingerprint density at radius 3 is 2.80 bits per heavy atom. The second-order valence-electron chi connectivity index (χ2n) is 2.12. The van der Waals surface area contributed by atoms with E-state index >= 15 is 0 Å². The lowest BCUT2D eigenvalue weighted by atomic mass is 10.2. The van der Waals surface area contributed by atoms with E-state index in [-0.39, 0.29) is 0 Å². The van der Waals surface area contributed by atoms with Gasteiger partial charge in [0.05, 0.1) is 6.10 Å². The van der Waals surface area contributed by atoms with Crippen molar-refractivity contribution in [2.75, 3.05) is 0 Å². The lowest BCUT2D eigenvalue weighted by Crippen LogP contribution is -2.08. The fourth-order valence-electron chi connectivity index (χ4n) is 0.598. The Hall–Kier alpha value is -0.830. The fraction of sp³-hybridized carbons (Fsp3) is 0.571. The summed E-state index contributed by atoms with van der Waals surface area (Å²) in [5, 5.41) is 9.00. The van der Waals surface area contributed by atoms with Crippen LogP contribution in [0.4, 0.5) is 0 Å². The summed E-state index contributed by atoms with van der Waals surface area (Å²) in [5.41, 5.74) is 4.80. The molecule has 0 bridgehead atoms. The molecule has 0 aromatic heterocycles. The number of carbonyl (C=O) groups excluding carboxylic acids is 1. The van der Waals surface area contributed by atoms with Crippen LogP contribution in [0.2, 0.25) is 0 Å². The van der Waals surface area contributed by atoms with Crippen LogP contribution in [0.5, 0.6) is 0 Å². The van der Waals surface area contributed by atoms with E-state index in [2.05, 4.69) is 0 Å². The molecule has 1 unspecified atom stereocenters. The molecule has 0 radical (unpaired) electrons. The molecule has 0 saturated heterocycles. The zero-order valence-electron chi connectivity index (χ0n) is 6.08. The molecule has 0 aromatic carbocycles. The number of amides is 1. The van der Waals surface area contributed by atoms with Crippen LogP contribution in [0.1, 0.15) is 19.8 Å². The highest BCUT2D eigenvalue weighted by Gasteiger charge is 1.95. The third-order valence-corrected chi connectivity index (χ3v) is 1.07. The number of hydrogen-bond acceptors (Lipinski definition) is 2. The number of hydrogen-bond donors (Lipinski definition) is 2. The van der Waals surface area contributed by atoms with Gasteiger partial charge in [0.15, 0.2) is 0 Å². The SMILES string of the molecule is CCCC(O)C=CC(N)=O. The van der Waals surface area contributed by atoms with Crippen molar-refractivity contribution in [1.29, 1.82) is 0 Å². The molecule has 0 heterocycles. The smallest absolute Gasteiger partial charge is 0.241 e. The van der Waals surface area contributed by atoms with E-state index in [9.17, 15) is 4.79 Å². The maximum absolute atomic E-state index is 10.1. The zero-order chi connectivity index (χ0) is 7.98. The van der Waals surface area contributed by atoms with Crippen LogP contribution in [0.15, 0.2) is 12.2 Å². The van der Waals surface area contributed by atoms with E-state index in [1.54, 1.807) is 0 Å². The molecule has 3 N–H and O–H groups in total. The van der Waals surface area contributed by atoms with Gasteiger partial charge in [-0.25, -0.2) is 0 Å². The standard InChI is InChI=1S/C7H13NO2/c1-2-3-6(9)4-5-7(8)10/h4-6,9H,2-3H2,1H3,(H2,8,10). The van der Waals surface area contributed by atoms with Gasteiger partial charge in [0.2, 0.25) is 5.91 Å². The molecule has 0 aliphatic heterocycles. The molecule has 0 aliphatic carbocycles. The van der Waals surface area contributed by atoms with Gasteiger partial charge in [0.1, 0.15) is 0 Å². The molecule has 0 aliphatic rings. The summed E-state index contributed by atoms with van der Waals surface area (Å²) in [7, 11) is 0. The lowest BCUT2D eigenvalue weighted by Gasteiger charge is -1.99. The molecular formula is C7H13NO2. The van der Waals surface area contributed by atoms with Crippen LogP contribution in [0.3, 0.4) is 0 Å². The highest BCUT2D eigenvalue weighted by molar-refractivity contribution is 5.85. The Morgan fingerprint density at radius 2 is 2.40 bits per heavy atom. The van der Waals surface area contributed by atoms with Crippen LogP contribution >= 0.6 is 0 Å². The van der Waals surface area contributed by atoms with Gasteiger partial charge in [-0.1, -0.05) is 19.4 Å². The molecule has 0 aromatic rings. The number of aliphatic hydroxyl groups excluding tert-OH is 1. The third-order valence-electron chi connectivity index (χ3n) is 1.07. The highest BCUT2D eigenvalue weighted by atomic mass is 16.3. The van der Waals surface area contributed by atoms with Crippen LogP contribution < -0.4 is 5.73 Å². The summed E-state index contributed by atoms with van der Waals surface area (Å²) >= 11 is 0. The molecule has 58 valence electrons. The Morgan fingerprint density at radius 1 is 1.80 bits per heavy atom. The van der Waals surface area contributed by atoms with Gasteiger partial charge in [-0.2, -0.15) is 0 Å². The topological polar surface area (TPSA) is 63.3 Å². The molecule has 1 atom stereocenters. The molecule has 3 nitrogen and oxygen atoms in total. The van der Waals surface area contributed by atoms with Crippen LogP contribution in [-0.2, 0) is 4.79 Å². The number of carbonyl (C=O) groups is 1. The minimum Gasteiger partial charge on any atom is -0.389 e. The first-order chi connectivity index (χ1) is 4.66. The van der Waals surface area contributed by atoms with Gasteiger partial charge in [-0.05, 0) is 6.42 Å². The quantitative estimate of drug-likeness (QED) is 0.552. The predicted molar refractivity (Wildman–Crippen MR) is 39.2 cm³/mol. The van der Waals surface area contributed by atoms with Crippen molar-refractivity contribution in [3.05, 3.63) is 12.2 Å². The second-order valence-corrected chi connectivity index (χ2v) is 2.12. The fourth-order valence-corrected chi connectivity index (χ4v) is 0.598. The van der Waals surface area contributed by atoms with Crippen LogP contribution in [0, 0.1) is 0 Å². The van der Waals surface area contributed by atoms with E-state index in [1.807, 2.05) is 6.92 Å². The van der Waals surface area contributed by atoms with Crippen molar-refractivity contribution < 1.29 is 9.90 Å². The second kappa shape index (κ2) is 4.99. The van der Waals surface area contributed by atoms with E-state index in [0.29, 0.717) is 6.42 Å². The van der Waals surface area contributed by atoms with Gasteiger partial charge >= 0.3 is 0 Å². The van der Waals surface area contributed by atoms with Gasteiger partial charge in [-0.3, -0.25) is 4.79 Å². The monoisotopic (exact) mass is 143 g/mol. The molecule has 3 heteroatoms. The minimum absolute atomic E-state index is 0.518. The number of primary amides is 1. The summed E-state index contributed by atoms with van der Waals surface area (Å²) in [6.07, 6.45) is 3.62. The summed E-state index contributed by atoms with van der Waals surface area (Å²) in [6, 6.07) is 0. The van der Waals surface area contributed by atoms with Gasteiger partial charge in [0.25, 0.3) is 0 Å². The number of rotatable bonds is 4. The Bertz CT molecular complexity index is 132. The van der Waals surface area contributed by atoms with E-state index in [4.69, 9.17) is 10.8 Å². The van der Waals surface area contributed by atoms with Crippen molar-refractivity contribution >= 4 is 5.91 Å². The lowest BCUT2D eigenvalue weighted by molar-refractivity contribution is -0.113. The first kappa shape index (κ1) is 9.17. The zero-order valence-corrected chi connectivity index (χ0v) is 6.08. The van der Waals surface area contributed by atoms with Crippen molar-refractivity contribution in [1.82, 2.24) is 0 Å². The largest absolute Gasteiger partial charge is 0.389 e. The van der Waals surface area contributed by atoms with Crippen LogP contribution in [0.25, 0.3) is 0 Å². The highest BCUT2D eigenvalue weighted by Crippen LogP contribution is 1.96. The van der Waals surface area contributed by atoms with Gasteiger partial charge in [-0.15, -0.1) is 0 Å². The minimum atomic E-state index is -0.530. The Kier molecular flexibility index (Phi) is 4.58. The third kappa shape index (κ3) is 5.31. The number of nitrogens with two attached hydrogens (primary N) is 1. The molecule has 0 saturated carbocycles. The summed E-state index contributed by atoms with van der Waals surface area (Å²) in [6.45, 7) is 1.96. The summed E-state index contributed by atoms with van der Waals surface area (Å²) in [5.74, 6) is -0.518. The Labute approximate surface area is 60.5 Å². The molecule has 10 heavy (non-hydrogen) atoms. The van der Waals surface area contributed by atoms with E-state index < -0.39 is 12.0 Å². The van der Waals surface area contributed by atoms with Gasteiger partial charge < -0.3 is 10.8 Å². The average molecular weight is 143 g/mol. The summed E-state index contributed by atoms with van der Waals surface area (Å²) < 4.78 is 0. The van der Waals surface area contributed by atoms with Crippen molar-refractivity contribution in [3.63, 3.8) is 0 Å². The predicted octanol–water partition coefficient (Wildman–Crippen LogP) is 0.189. The van der Waals surface area contributed by atoms with Gasteiger partial charge in [0, 0.05) is 6.08 Å². The van der Waals surface area contributed by atoms with Crippen molar-refractivity contribution in [2.45, 2.75) is 25.9 Å². The van der Waals surface area contributed by atoms with Crippen LogP contribution in [-0.4, -0.2) is 17.1 Å². The van der Waals surface area contributed by atoms with Crippen molar-refractivity contribution in [2.24, 2.45) is 5.73 Å². The molecule has 0 fully saturated rings. The van der Waals surface area contributed by atoms with Crippen molar-refractivity contribution in [3.8, 4) is 0 Å². The Balaban J connectivity index is 3.55. The molecular weight excluding hydrogens is 130 g/mol. The average Bonchev–Trinajstić information content (AvgIpc) is 1.85. The molecule has 0 rings (SSSR count). The molecule has 1 amide bonds. The van der Waals surface area contributed by atoms with E-state index in [1.165, 1.54) is 12.2 Å². The maximum atomic E-state index is 10.1. The summed E-state index contributed by atoms with van der Waals surface area (Å²) in [4.78, 5) is 10.1. The van der Waals surface area contributed by atoms with E-state index in [0.717, 1.165) is 6.42 Å².